The highest BCUT2D eigenvalue weighted by molar-refractivity contribution is 5.94. The molecule has 1 aromatic carbocycles. The lowest BCUT2D eigenvalue weighted by Gasteiger charge is -2.21. The quantitative estimate of drug-likeness (QED) is 0.742. The third-order valence-electron chi connectivity index (χ3n) is 3.82. The lowest BCUT2D eigenvalue weighted by molar-refractivity contribution is 0.0773. The lowest BCUT2D eigenvalue weighted by atomic mass is 10.1. The number of hydrogen-bond acceptors (Lipinski definition) is 2. The average Bonchev–Trinajstić information content (AvgIpc) is 2.97. The number of hydrogen-bond donors (Lipinski definition) is 0. The molecule has 0 heterocycles. The monoisotopic (exact) mass is 273 g/mol. The number of rotatable bonds is 6. The van der Waals surface area contributed by atoms with E-state index >= 15 is 0 Å². The Morgan fingerprint density at radius 2 is 2.00 bits per heavy atom. The molecule has 0 aromatic heterocycles. The van der Waals surface area contributed by atoms with Gasteiger partial charge in [-0.05, 0) is 43.0 Å². The Labute approximate surface area is 121 Å². The maximum Gasteiger partial charge on any atom is 0.253 e. The van der Waals surface area contributed by atoms with Crippen LogP contribution in [0.15, 0.2) is 36.9 Å². The van der Waals surface area contributed by atoms with Gasteiger partial charge in [-0.2, -0.15) is 0 Å². The van der Waals surface area contributed by atoms with E-state index in [0.29, 0.717) is 12.5 Å². The molecule has 1 saturated carbocycles. The molecule has 1 fully saturated rings. The maximum absolute atomic E-state index is 12.3. The molecular formula is C17H23NO2. The van der Waals surface area contributed by atoms with Gasteiger partial charge in [-0.25, -0.2) is 0 Å². The minimum Gasteiger partial charge on any atom is -0.490 e. The van der Waals surface area contributed by atoms with Crippen molar-refractivity contribution in [3.63, 3.8) is 0 Å². The highest BCUT2D eigenvalue weighted by Gasteiger charge is 2.20. The van der Waals surface area contributed by atoms with Crippen molar-refractivity contribution in [3.05, 3.63) is 42.5 Å². The van der Waals surface area contributed by atoms with Crippen molar-refractivity contribution in [2.45, 2.75) is 25.7 Å². The summed E-state index contributed by atoms with van der Waals surface area (Å²) < 4.78 is 5.42. The molecule has 108 valence electrons. The van der Waals surface area contributed by atoms with Crippen LogP contribution in [0, 0.1) is 5.92 Å². The van der Waals surface area contributed by atoms with Crippen LogP contribution in [0.4, 0.5) is 0 Å². The number of benzene rings is 1. The van der Waals surface area contributed by atoms with Gasteiger partial charge in [0.05, 0.1) is 0 Å². The molecule has 0 atom stereocenters. The normalized spacial score (nSPS) is 15.1. The summed E-state index contributed by atoms with van der Waals surface area (Å²) in [4.78, 5) is 14.2. The van der Waals surface area contributed by atoms with Crippen LogP contribution in [0.25, 0.3) is 0 Å². The Morgan fingerprint density at radius 3 is 2.60 bits per heavy atom. The molecule has 0 bridgehead atoms. The van der Waals surface area contributed by atoms with Crippen molar-refractivity contribution >= 4 is 5.91 Å². The number of carbonyl (C=O) groups excluding carboxylic acids is 1. The zero-order valence-electron chi connectivity index (χ0n) is 12.2. The third kappa shape index (κ3) is 3.86. The van der Waals surface area contributed by atoms with Gasteiger partial charge in [0.15, 0.2) is 0 Å². The largest absolute Gasteiger partial charge is 0.490 e. The van der Waals surface area contributed by atoms with E-state index in [2.05, 4.69) is 6.58 Å². The van der Waals surface area contributed by atoms with Crippen LogP contribution in [0.5, 0.6) is 5.75 Å². The summed E-state index contributed by atoms with van der Waals surface area (Å²) in [5, 5.41) is 0. The second-order valence-electron chi connectivity index (χ2n) is 5.46. The lowest BCUT2D eigenvalue weighted by Crippen LogP contribution is -2.31. The summed E-state index contributed by atoms with van der Waals surface area (Å²) in [6.07, 6.45) is 6.83. The van der Waals surface area contributed by atoms with Crippen LogP contribution in [0.3, 0.4) is 0 Å². The molecule has 1 aromatic rings. The topological polar surface area (TPSA) is 29.5 Å². The van der Waals surface area contributed by atoms with Crippen molar-refractivity contribution in [3.8, 4) is 5.75 Å². The third-order valence-corrected chi connectivity index (χ3v) is 3.82. The zero-order chi connectivity index (χ0) is 14.4. The minimum atomic E-state index is 0.0900. The summed E-state index contributed by atoms with van der Waals surface area (Å²) in [5.74, 6) is 1.53. The average molecular weight is 273 g/mol. The number of amides is 1. The molecule has 0 spiro atoms. The summed E-state index contributed by atoms with van der Waals surface area (Å²) in [6.45, 7) is 4.96. The van der Waals surface area contributed by atoms with E-state index in [1.807, 2.05) is 36.2 Å². The van der Waals surface area contributed by atoms with Crippen LogP contribution < -0.4 is 4.74 Å². The van der Waals surface area contributed by atoms with Crippen LogP contribution in [0.2, 0.25) is 0 Å². The van der Waals surface area contributed by atoms with E-state index < -0.39 is 0 Å². The predicted octanol–water partition coefficient (Wildman–Crippen LogP) is 3.51. The Hall–Kier alpha value is -1.77. The van der Waals surface area contributed by atoms with Gasteiger partial charge in [-0.1, -0.05) is 25.5 Å². The fourth-order valence-corrected chi connectivity index (χ4v) is 2.73. The van der Waals surface area contributed by atoms with Gasteiger partial charge in [-0.3, -0.25) is 4.79 Å². The van der Waals surface area contributed by atoms with Gasteiger partial charge in [0.25, 0.3) is 5.91 Å². The van der Waals surface area contributed by atoms with Crippen molar-refractivity contribution in [1.82, 2.24) is 4.90 Å². The molecule has 1 aliphatic carbocycles. The molecule has 0 radical (unpaired) electrons. The summed E-state index contributed by atoms with van der Waals surface area (Å²) in [6, 6.07) is 7.32. The van der Waals surface area contributed by atoms with E-state index in [9.17, 15) is 4.79 Å². The number of nitrogens with zero attached hydrogens (tertiary/aromatic N) is 1. The molecule has 0 unspecified atom stereocenters. The Balaban J connectivity index is 1.91. The first-order valence-corrected chi connectivity index (χ1v) is 7.30. The van der Waals surface area contributed by atoms with E-state index in [1.54, 1.807) is 6.08 Å². The van der Waals surface area contributed by atoms with Crippen molar-refractivity contribution < 1.29 is 9.53 Å². The van der Waals surface area contributed by atoms with E-state index in [1.165, 1.54) is 25.7 Å². The van der Waals surface area contributed by atoms with Gasteiger partial charge in [-0.15, -0.1) is 0 Å². The molecule has 1 aliphatic rings. The van der Waals surface area contributed by atoms with Crippen LogP contribution in [-0.2, 0) is 0 Å². The highest BCUT2D eigenvalue weighted by Crippen LogP contribution is 2.25. The Bertz CT molecular complexity index is 447. The van der Waals surface area contributed by atoms with Crippen LogP contribution in [0.1, 0.15) is 36.0 Å². The number of carbonyl (C=O) groups is 1. The molecule has 3 nitrogen and oxygen atoms in total. The van der Waals surface area contributed by atoms with E-state index in [-0.39, 0.29) is 5.91 Å². The standard InChI is InChI=1S/C17H23NO2/c1-3-12-20-16-10-8-15(9-11-16)17(19)18(2)13-14-6-4-5-7-14/h3,8-11,14H,1,4-7,12-13H2,2H3. The highest BCUT2D eigenvalue weighted by atomic mass is 16.5. The second-order valence-corrected chi connectivity index (χ2v) is 5.46. The van der Waals surface area contributed by atoms with Gasteiger partial charge in [0.1, 0.15) is 12.4 Å². The number of ether oxygens (including phenoxy) is 1. The molecule has 0 aliphatic heterocycles. The molecular weight excluding hydrogens is 250 g/mol. The van der Waals surface area contributed by atoms with Crippen molar-refractivity contribution in [2.75, 3.05) is 20.2 Å². The SMILES string of the molecule is C=CCOc1ccc(C(=O)N(C)CC2CCCC2)cc1. The van der Waals surface area contributed by atoms with Gasteiger partial charge in [0, 0.05) is 19.2 Å². The summed E-state index contributed by atoms with van der Waals surface area (Å²) in [7, 11) is 1.89. The zero-order valence-corrected chi connectivity index (χ0v) is 12.2. The van der Waals surface area contributed by atoms with E-state index in [4.69, 9.17) is 4.74 Å². The molecule has 20 heavy (non-hydrogen) atoms. The molecule has 2 rings (SSSR count). The molecule has 1 amide bonds. The first kappa shape index (κ1) is 14.6. The Morgan fingerprint density at radius 1 is 1.35 bits per heavy atom. The van der Waals surface area contributed by atoms with E-state index in [0.717, 1.165) is 17.9 Å². The summed E-state index contributed by atoms with van der Waals surface area (Å²) >= 11 is 0. The summed E-state index contributed by atoms with van der Waals surface area (Å²) in [5.41, 5.74) is 0.719. The molecule has 0 saturated heterocycles. The van der Waals surface area contributed by atoms with Crippen LogP contribution >= 0.6 is 0 Å². The van der Waals surface area contributed by atoms with Gasteiger partial charge < -0.3 is 9.64 Å². The second kappa shape index (κ2) is 7.13. The fourth-order valence-electron chi connectivity index (χ4n) is 2.73. The minimum absolute atomic E-state index is 0.0900. The maximum atomic E-state index is 12.3. The van der Waals surface area contributed by atoms with Crippen molar-refractivity contribution in [1.29, 1.82) is 0 Å². The van der Waals surface area contributed by atoms with Crippen LogP contribution in [-0.4, -0.2) is 31.0 Å². The first-order valence-electron chi connectivity index (χ1n) is 7.30. The molecule has 0 N–H and O–H groups in total. The van der Waals surface area contributed by atoms with Crippen molar-refractivity contribution in [2.24, 2.45) is 5.92 Å². The first-order chi connectivity index (χ1) is 9.70. The fraction of sp³-hybridized carbons (Fsp3) is 0.471. The van der Waals surface area contributed by atoms with Gasteiger partial charge >= 0.3 is 0 Å². The Kier molecular flexibility index (Phi) is 5.22. The van der Waals surface area contributed by atoms with Gasteiger partial charge in [0.2, 0.25) is 0 Å². The molecule has 3 heteroatoms. The predicted molar refractivity (Wildman–Crippen MR) is 81.1 cm³/mol. The smallest absolute Gasteiger partial charge is 0.253 e.